The Labute approximate surface area is 108 Å². The van der Waals surface area contributed by atoms with E-state index >= 15 is 0 Å². The Bertz CT molecular complexity index is 542. The first-order valence-electron chi connectivity index (χ1n) is 5.51. The fourth-order valence-corrected chi connectivity index (χ4v) is 2.24. The summed E-state index contributed by atoms with van der Waals surface area (Å²) >= 11 is 1.42. The molecule has 0 amide bonds. The summed E-state index contributed by atoms with van der Waals surface area (Å²) in [6, 6.07) is 3.65. The van der Waals surface area contributed by atoms with Crippen LogP contribution in [0.3, 0.4) is 0 Å². The first kappa shape index (κ1) is 12.4. The molecule has 0 aliphatic carbocycles. The molecule has 6 nitrogen and oxygen atoms in total. The predicted octanol–water partition coefficient (Wildman–Crippen LogP) is 2.94. The summed E-state index contributed by atoms with van der Waals surface area (Å²) in [5.74, 6) is 0.278. The van der Waals surface area contributed by atoms with Gasteiger partial charge in [0, 0.05) is 6.54 Å². The Balaban J connectivity index is 2.49. The molecule has 94 valence electrons. The standard InChI is InChI=1S/C11H12N4O2S/c1-2-5-12-11-10(15(16)17)9(13-7-14-11)8-4-3-6-18-8/h3-4,6-7H,2,5H2,1H3,(H,12,13,14). The van der Waals surface area contributed by atoms with Crippen LogP contribution in [-0.2, 0) is 0 Å². The van der Waals surface area contributed by atoms with Crippen LogP contribution in [0.25, 0.3) is 10.6 Å². The van der Waals surface area contributed by atoms with E-state index in [1.165, 1.54) is 17.7 Å². The molecule has 2 aromatic heterocycles. The van der Waals surface area contributed by atoms with Gasteiger partial charge < -0.3 is 5.32 Å². The number of rotatable bonds is 5. The molecule has 0 aromatic carbocycles. The molecular formula is C11H12N4O2S. The van der Waals surface area contributed by atoms with Gasteiger partial charge in [0.25, 0.3) is 0 Å². The second-order valence-corrected chi connectivity index (χ2v) is 4.53. The summed E-state index contributed by atoms with van der Waals surface area (Å²) < 4.78 is 0. The molecule has 1 N–H and O–H groups in total. The third-order valence-corrected chi connectivity index (χ3v) is 3.18. The zero-order chi connectivity index (χ0) is 13.0. The number of aromatic nitrogens is 2. The van der Waals surface area contributed by atoms with E-state index in [4.69, 9.17) is 0 Å². The third kappa shape index (κ3) is 2.45. The average molecular weight is 264 g/mol. The summed E-state index contributed by atoms with van der Waals surface area (Å²) in [7, 11) is 0. The van der Waals surface area contributed by atoms with Crippen LogP contribution >= 0.6 is 11.3 Å². The molecule has 0 saturated heterocycles. The summed E-state index contributed by atoms with van der Waals surface area (Å²) in [6.45, 7) is 2.63. The quantitative estimate of drug-likeness (QED) is 0.663. The number of anilines is 1. The molecule has 7 heteroatoms. The van der Waals surface area contributed by atoms with E-state index in [1.54, 1.807) is 0 Å². The van der Waals surface area contributed by atoms with Gasteiger partial charge in [-0.2, -0.15) is 0 Å². The highest BCUT2D eigenvalue weighted by Gasteiger charge is 2.23. The molecule has 2 aromatic rings. The second-order valence-electron chi connectivity index (χ2n) is 3.58. The lowest BCUT2D eigenvalue weighted by Gasteiger charge is -2.06. The van der Waals surface area contributed by atoms with Gasteiger partial charge in [-0.05, 0) is 17.9 Å². The molecule has 0 aliphatic rings. The van der Waals surface area contributed by atoms with Crippen molar-refractivity contribution >= 4 is 22.8 Å². The minimum atomic E-state index is -0.437. The molecule has 0 unspecified atom stereocenters. The second kappa shape index (κ2) is 5.54. The van der Waals surface area contributed by atoms with Crippen LogP contribution in [0.1, 0.15) is 13.3 Å². The molecule has 18 heavy (non-hydrogen) atoms. The fraction of sp³-hybridized carbons (Fsp3) is 0.273. The lowest BCUT2D eigenvalue weighted by molar-refractivity contribution is -0.383. The molecule has 0 bridgehead atoms. The van der Waals surface area contributed by atoms with E-state index in [1.807, 2.05) is 24.4 Å². The van der Waals surface area contributed by atoms with Crippen molar-refractivity contribution in [3.8, 4) is 10.6 Å². The Morgan fingerprint density at radius 3 is 2.94 bits per heavy atom. The van der Waals surface area contributed by atoms with E-state index in [0.29, 0.717) is 12.2 Å². The maximum absolute atomic E-state index is 11.2. The molecule has 0 radical (unpaired) electrons. The van der Waals surface area contributed by atoms with Crippen LogP contribution in [0.5, 0.6) is 0 Å². The molecule has 2 rings (SSSR count). The van der Waals surface area contributed by atoms with Crippen LogP contribution in [0.2, 0.25) is 0 Å². The zero-order valence-corrected chi connectivity index (χ0v) is 10.6. The van der Waals surface area contributed by atoms with Gasteiger partial charge in [-0.1, -0.05) is 13.0 Å². The van der Waals surface area contributed by atoms with Gasteiger partial charge in [-0.3, -0.25) is 10.1 Å². The van der Waals surface area contributed by atoms with Gasteiger partial charge in [0.15, 0.2) is 5.69 Å². The monoisotopic (exact) mass is 264 g/mol. The topological polar surface area (TPSA) is 81.0 Å². The summed E-state index contributed by atoms with van der Waals surface area (Å²) in [6.07, 6.45) is 2.22. The van der Waals surface area contributed by atoms with E-state index in [2.05, 4.69) is 15.3 Å². The van der Waals surface area contributed by atoms with Gasteiger partial charge in [0.05, 0.1) is 9.80 Å². The maximum atomic E-state index is 11.2. The molecular weight excluding hydrogens is 252 g/mol. The number of nitrogens with one attached hydrogen (secondary N) is 1. The van der Waals surface area contributed by atoms with Gasteiger partial charge in [-0.15, -0.1) is 11.3 Å². The number of hydrogen-bond donors (Lipinski definition) is 1. The van der Waals surface area contributed by atoms with Crippen molar-refractivity contribution in [3.63, 3.8) is 0 Å². The van der Waals surface area contributed by atoms with E-state index in [-0.39, 0.29) is 11.5 Å². The number of hydrogen-bond acceptors (Lipinski definition) is 6. The van der Waals surface area contributed by atoms with Gasteiger partial charge in [0.1, 0.15) is 6.33 Å². The highest BCUT2D eigenvalue weighted by Crippen LogP contribution is 2.34. The summed E-state index contributed by atoms with van der Waals surface area (Å²) in [5, 5.41) is 16.0. The van der Waals surface area contributed by atoms with E-state index in [9.17, 15) is 10.1 Å². The highest BCUT2D eigenvalue weighted by atomic mass is 32.1. The van der Waals surface area contributed by atoms with E-state index < -0.39 is 4.92 Å². The molecule has 0 aliphatic heterocycles. The predicted molar refractivity (Wildman–Crippen MR) is 70.8 cm³/mol. The van der Waals surface area contributed by atoms with Gasteiger partial charge in [-0.25, -0.2) is 9.97 Å². The number of nitro groups is 1. The fourth-order valence-electron chi connectivity index (χ4n) is 1.52. The maximum Gasteiger partial charge on any atom is 0.338 e. The Morgan fingerprint density at radius 2 is 2.33 bits per heavy atom. The van der Waals surface area contributed by atoms with Crippen molar-refractivity contribution < 1.29 is 4.92 Å². The smallest absolute Gasteiger partial charge is 0.338 e. The molecule has 2 heterocycles. The molecule has 0 saturated carbocycles. The first-order chi connectivity index (χ1) is 8.74. The van der Waals surface area contributed by atoms with Crippen molar-refractivity contribution in [3.05, 3.63) is 34.0 Å². The summed E-state index contributed by atoms with van der Waals surface area (Å²) in [5.41, 5.74) is 0.303. The number of nitrogens with zero attached hydrogens (tertiary/aromatic N) is 3. The van der Waals surface area contributed by atoms with Crippen LogP contribution in [0.4, 0.5) is 11.5 Å². The van der Waals surface area contributed by atoms with Crippen LogP contribution in [-0.4, -0.2) is 21.4 Å². The van der Waals surface area contributed by atoms with Crippen LogP contribution in [0.15, 0.2) is 23.8 Å². The van der Waals surface area contributed by atoms with Crippen molar-refractivity contribution in [2.45, 2.75) is 13.3 Å². The van der Waals surface area contributed by atoms with Crippen LogP contribution < -0.4 is 5.32 Å². The SMILES string of the molecule is CCCNc1ncnc(-c2cccs2)c1[N+](=O)[O-]. The van der Waals surface area contributed by atoms with Gasteiger partial charge in [0.2, 0.25) is 5.82 Å². The van der Waals surface area contributed by atoms with Gasteiger partial charge >= 0.3 is 5.69 Å². The van der Waals surface area contributed by atoms with Crippen LogP contribution in [0, 0.1) is 10.1 Å². The largest absolute Gasteiger partial charge is 0.364 e. The zero-order valence-electron chi connectivity index (χ0n) is 9.79. The Hall–Kier alpha value is -2.02. The van der Waals surface area contributed by atoms with Crippen molar-refractivity contribution in [1.29, 1.82) is 0 Å². The molecule has 0 atom stereocenters. The van der Waals surface area contributed by atoms with Crippen molar-refractivity contribution in [2.75, 3.05) is 11.9 Å². The summed E-state index contributed by atoms with van der Waals surface area (Å²) in [4.78, 5) is 19.5. The van der Waals surface area contributed by atoms with Crippen molar-refractivity contribution in [1.82, 2.24) is 9.97 Å². The normalized spacial score (nSPS) is 10.3. The van der Waals surface area contributed by atoms with Crippen molar-refractivity contribution in [2.24, 2.45) is 0 Å². The lowest BCUT2D eigenvalue weighted by Crippen LogP contribution is -2.07. The molecule has 0 fully saturated rings. The van der Waals surface area contributed by atoms with E-state index in [0.717, 1.165) is 11.3 Å². The first-order valence-corrected chi connectivity index (χ1v) is 6.39. The lowest BCUT2D eigenvalue weighted by atomic mass is 10.2. The highest BCUT2D eigenvalue weighted by molar-refractivity contribution is 7.13. The Kier molecular flexibility index (Phi) is 3.83. The minimum absolute atomic E-state index is 0.0617. The minimum Gasteiger partial charge on any atom is -0.364 e. The average Bonchev–Trinajstić information content (AvgIpc) is 2.89. The number of thiophene rings is 1. The molecule has 0 spiro atoms. The Morgan fingerprint density at radius 1 is 1.50 bits per heavy atom. The third-order valence-electron chi connectivity index (χ3n) is 2.30.